The molecular weight excluding hydrogens is 350 g/mol. The van der Waals surface area contributed by atoms with Gasteiger partial charge in [0.25, 0.3) is 0 Å². The van der Waals surface area contributed by atoms with Crippen molar-refractivity contribution in [2.75, 3.05) is 19.5 Å². The molecule has 3 rings (SSSR count). The molecule has 1 aromatic heterocycles. The van der Waals surface area contributed by atoms with E-state index < -0.39 is 0 Å². The number of nitrogens with one attached hydrogen (secondary N) is 2. The Bertz CT molecular complexity index is 961. The van der Waals surface area contributed by atoms with Gasteiger partial charge in [-0.05, 0) is 36.5 Å². The van der Waals surface area contributed by atoms with Gasteiger partial charge in [-0.3, -0.25) is 10.4 Å². The maximum Gasteiger partial charge on any atom is 0.191 e. The molecule has 26 heavy (non-hydrogen) atoms. The first kappa shape index (κ1) is 17.6. The van der Waals surface area contributed by atoms with Gasteiger partial charge in [0.15, 0.2) is 16.6 Å². The van der Waals surface area contributed by atoms with Gasteiger partial charge < -0.3 is 14.8 Å². The molecule has 3 aromatic rings. The summed E-state index contributed by atoms with van der Waals surface area (Å²) < 4.78 is 10.5. The fourth-order valence-electron chi connectivity index (χ4n) is 2.26. The van der Waals surface area contributed by atoms with Crippen LogP contribution in [-0.4, -0.2) is 35.5 Å². The number of hydrazone groups is 1. The van der Waals surface area contributed by atoms with Crippen molar-refractivity contribution in [3.05, 3.63) is 54.4 Å². The highest BCUT2D eigenvalue weighted by atomic mass is 32.1. The molecule has 0 aliphatic carbocycles. The summed E-state index contributed by atoms with van der Waals surface area (Å²) >= 11 is 5.23. The highest BCUT2D eigenvalue weighted by Gasteiger charge is 2.05. The first-order chi connectivity index (χ1) is 12.7. The van der Waals surface area contributed by atoms with Crippen LogP contribution in [0.1, 0.15) is 5.69 Å². The first-order valence-corrected chi connectivity index (χ1v) is 8.14. The van der Waals surface area contributed by atoms with Crippen molar-refractivity contribution in [3.63, 3.8) is 0 Å². The number of rotatable bonds is 5. The molecule has 0 atom stereocenters. The van der Waals surface area contributed by atoms with Crippen LogP contribution in [0.4, 0.5) is 5.69 Å². The van der Waals surface area contributed by atoms with E-state index in [9.17, 15) is 0 Å². The lowest BCUT2D eigenvalue weighted by Crippen LogP contribution is -2.23. The zero-order chi connectivity index (χ0) is 18.4. The van der Waals surface area contributed by atoms with E-state index in [1.165, 1.54) is 0 Å². The summed E-state index contributed by atoms with van der Waals surface area (Å²) in [7, 11) is 3.16. The molecule has 2 N–H and O–H groups in total. The van der Waals surface area contributed by atoms with Gasteiger partial charge in [0.1, 0.15) is 5.69 Å². The van der Waals surface area contributed by atoms with Crippen LogP contribution in [0.3, 0.4) is 0 Å². The van der Waals surface area contributed by atoms with E-state index in [2.05, 4.69) is 25.8 Å². The molecule has 0 aliphatic rings. The Morgan fingerprint density at radius 1 is 1.08 bits per heavy atom. The highest BCUT2D eigenvalue weighted by molar-refractivity contribution is 7.80. The summed E-state index contributed by atoms with van der Waals surface area (Å²) in [5.41, 5.74) is 5.77. The molecule has 0 saturated heterocycles. The zero-order valence-electron chi connectivity index (χ0n) is 14.3. The maximum atomic E-state index is 5.26. The zero-order valence-corrected chi connectivity index (χ0v) is 15.1. The third-order valence-corrected chi connectivity index (χ3v) is 3.66. The van der Waals surface area contributed by atoms with Gasteiger partial charge in [0.2, 0.25) is 0 Å². The van der Waals surface area contributed by atoms with E-state index in [0.717, 1.165) is 16.7 Å². The number of para-hydroxylation sites is 2. The first-order valence-electron chi connectivity index (χ1n) is 7.73. The third-order valence-electron chi connectivity index (χ3n) is 3.47. The van der Waals surface area contributed by atoms with E-state index >= 15 is 0 Å². The molecule has 0 bridgehead atoms. The van der Waals surface area contributed by atoms with Crippen molar-refractivity contribution in [2.45, 2.75) is 0 Å². The lowest BCUT2D eigenvalue weighted by molar-refractivity contribution is 0.355. The smallest absolute Gasteiger partial charge is 0.191 e. The standard InChI is InChI=1S/C18H17N5O2S/c1-24-16-8-7-12(9-17(16)25-2)22-18(26)23-20-11-13-10-19-14-5-3-4-6-15(14)21-13/h3-11H,1-2H3,(H2,22,23,26)/b20-11-. The molecule has 0 aliphatic heterocycles. The van der Waals surface area contributed by atoms with Crippen LogP contribution in [0, 0.1) is 0 Å². The van der Waals surface area contributed by atoms with E-state index in [1.54, 1.807) is 38.8 Å². The number of thiocarbonyl (C=S) groups is 1. The average molecular weight is 367 g/mol. The average Bonchev–Trinajstić information content (AvgIpc) is 2.67. The summed E-state index contributed by atoms with van der Waals surface area (Å²) in [6.45, 7) is 0. The molecule has 8 heteroatoms. The van der Waals surface area contributed by atoms with Crippen LogP contribution in [0.2, 0.25) is 0 Å². The maximum absolute atomic E-state index is 5.26. The number of anilines is 1. The second-order valence-corrected chi connectivity index (χ2v) is 5.59. The van der Waals surface area contributed by atoms with Gasteiger partial charge in [0.05, 0.1) is 37.7 Å². The number of fused-ring (bicyclic) bond motifs is 1. The Kier molecular flexibility index (Phi) is 5.55. The highest BCUT2D eigenvalue weighted by Crippen LogP contribution is 2.29. The Balaban J connectivity index is 1.61. The fourth-order valence-corrected chi connectivity index (χ4v) is 2.43. The summed E-state index contributed by atoms with van der Waals surface area (Å²) in [5, 5.41) is 7.44. The van der Waals surface area contributed by atoms with Gasteiger partial charge in [-0.25, -0.2) is 4.98 Å². The molecule has 0 radical (unpaired) electrons. The number of methoxy groups -OCH3 is 2. The largest absolute Gasteiger partial charge is 0.493 e. The number of aromatic nitrogens is 2. The quantitative estimate of drug-likeness (QED) is 0.408. The number of benzene rings is 2. The summed E-state index contributed by atoms with van der Waals surface area (Å²) in [5.74, 6) is 1.25. The van der Waals surface area contributed by atoms with E-state index in [4.69, 9.17) is 21.7 Å². The van der Waals surface area contributed by atoms with Gasteiger partial charge in [-0.15, -0.1) is 0 Å². The van der Waals surface area contributed by atoms with Crippen molar-refractivity contribution < 1.29 is 9.47 Å². The SMILES string of the molecule is COc1ccc(NC(=S)N/N=C\c2cnc3ccccc3n2)cc1OC. The van der Waals surface area contributed by atoms with Crippen LogP contribution in [0.25, 0.3) is 11.0 Å². The second-order valence-electron chi connectivity index (χ2n) is 5.18. The molecule has 7 nitrogen and oxygen atoms in total. The lowest BCUT2D eigenvalue weighted by Gasteiger charge is -2.11. The van der Waals surface area contributed by atoms with E-state index in [-0.39, 0.29) is 0 Å². The van der Waals surface area contributed by atoms with Crippen molar-refractivity contribution >= 4 is 40.3 Å². The topological polar surface area (TPSA) is 80.7 Å². The molecule has 2 aromatic carbocycles. The Hall–Kier alpha value is -3.26. The Labute approximate surface area is 156 Å². The molecular formula is C18H17N5O2S. The summed E-state index contributed by atoms with van der Waals surface area (Å²) in [6.07, 6.45) is 3.21. The van der Waals surface area contributed by atoms with Gasteiger partial charge in [-0.2, -0.15) is 5.10 Å². The van der Waals surface area contributed by atoms with Crippen LogP contribution < -0.4 is 20.2 Å². The van der Waals surface area contributed by atoms with Crippen molar-refractivity contribution in [3.8, 4) is 11.5 Å². The number of hydrogen-bond acceptors (Lipinski definition) is 6. The molecule has 0 saturated carbocycles. The summed E-state index contributed by atoms with van der Waals surface area (Å²) in [6, 6.07) is 13.0. The molecule has 132 valence electrons. The van der Waals surface area contributed by atoms with Gasteiger partial charge in [-0.1, -0.05) is 12.1 Å². The van der Waals surface area contributed by atoms with Crippen LogP contribution in [-0.2, 0) is 0 Å². The lowest BCUT2D eigenvalue weighted by atomic mass is 10.3. The van der Waals surface area contributed by atoms with E-state index in [0.29, 0.717) is 22.3 Å². The van der Waals surface area contributed by atoms with Crippen molar-refractivity contribution in [1.82, 2.24) is 15.4 Å². The van der Waals surface area contributed by atoms with Crippen molar-refractivity contribution in [1.29, 1.82) is 0 Å². The van der Waals surface area contributed by atoms with Crippen LogP contribution in [0.5, 0.6) is 11.5 Å². The predicted molar refractivity (Wildman–Crippen MR) is 106 cm³/mol. The Morgan fingerprint density at radius 3 is 2.62 bits per heavy atom. The minimum atomic E-state index is 0.335. The molecule has 1 heterocycles. The predicted octanol–water partition coefficient (Wildman–Crippen LogP) is 2.97. The third kappa shape index (κ3) is 4.22. The van der Waals surface area contributed by atoms with Gasteiger partial charge >= 0.3 is 0 Å². The monoisotopic (exact) mass is 367 g/mol. The molecule has 0 spiro atoms. The minimum absolute atomic E-state index is 0.335. The molecule has 0 fully saturated rings. The van der Waals surface area contributed by atoms with Crippen molar-refractivity contribution in [2.24, 2.45) is 5.10 Å². The number of hydrogen-bond donors (Lipinski definition) is 2. The normalized spacial score (nSPS) is 10.7. The van der Waals surface area contributed by atoms with Crippen LogP contribution >= 0.6 is 12.2 Å². The molecule has 0 unspecified atom stereocenters. The van der Waals surface area contributed by atoms with Crippen LogP contribution in [0.15, 0.2) is 53.8 Å². The minimum Gasteiger partial charge on any atom is -0.493 e. The number of nitrogens with zero attached hydrogens (tertiary/aromatic N) is 3. The fraction of sp³-hybridized carbons (Fsp3) is 0.111. The molecule has 0 amide bonds. The summed E-state index contributed by atoms with van der Waals surface area (Å²) in [4.78, 5) is 8.78. The second kappa shape index (κ2) is 8.21. The van der Waals surface area contributed by atoms with E-state index in [1.807, 2.05) is 30.3 Å². The van der Waals surface area contributed by atoms with Gasteiger partial charge in [0, 0.05) is 11.8 Å². The number of ether oxygens (including phenoxy) is 2. The Morgan fingerprint density at radius 2 is 1.85 bits per heavy atom.